The number of nitrogens with zero attached hydrogens (tertiary/aromatic N) is 2. The third-order valence-corrected chi connectivity index (χ3v) is 9.77. The fourth-order valence-electron chi connectivity index (χ4n) is 5.75. The highest BCUT2D eigenvalue weighted by Gasteiger charge is 2.52. The molecule has 1 aliphatic heterocycles. The number of aliphatic imine (C=N–C) groups is 1. The number of alkyl halides is 2. The molecule has 9 nitrogen and oxygen atoms in total. The van der Waals surface area contributed by atoms with Crippen molar-refractivity contribution in [3.8, 4) is 22.8 Å². The zero-order chi connectivity index (χ0) is 33.5. The van der Waals surface area contributed by atoms with Gasteiger partial charge < -0.3 is 26.3 Å². The molecule has 7 rings (SSSR count). The minimum absolute atomic E-state index is 0.0154. The maximum absolute atomic E-state index is 16.0. The number of pyridine rings is 1. The lowest BCUT2D eigenvalue weighted by atomic mass is 9.92. The zero-order valence-electron chi connectivity index (χ0n) is 25.8. The quantitative estimate of drug-likeness (QED) is 0.0843. The molecule has 2 amide bonds. The fourth-order valence-corrected chi connectivity index (χ4v) is 6.71. The third-order valence-electron chi connectivity index (χ3n) is 8.77. The van der Waals surface area contributed by atoms with Gasteiger partial charge in [0.05, 0.1) is 30.0 Å². The van der Waals surface area contributed by atoms with E-state index in [9.17, 15) is 13.6 Å². The summed E-state index contributed by atoms with van der Waals surface area (Å²) in [6.45, 7) is 2.48. The number of aromatic nitrogens is 1. The maximum Gasteiger partial charge on any atom is 0.251 e. The monoisotopic (exact) mass is 665 g/mol. The van der Waals surface area contributed by atoms with E-state index in [1.54, 1.807) is 6.07 Å². The van der Waals surface area contributed by atoms with Crippen molar-refractivity contribution in [2.45, 2.75) is 55.9 Å². The molecular weight excluding hydrogens is 631 g/mol. The summed E-state index contributed by atoms with van der Waals surface area (Å²) >= 11 is 1.29. The number of amides is 2. The van der Waals surface area contributed by atoms with E-state index in [1.807, 2.05) is 24.4 Å². The maximum atomic E-state index is 16.0. The second-order valence-electron chi connectivity index (χ2n) is 12.1. The van der Waals surface area contributed by atoms with Crippen molar-refractivity contribution < 1.29 is 32.2 Å². The molecule has 4 aromatic rings. The number of hydrogen-bond donors (Lipinski definition) is 3. The average Bonchev–Trinajstić information content (AvgIpc) is 3.88. The summed E-state index contributed by atoms with van der Waals surface area (Å²) in [6.07, 6.45) is 2.96. The van der Waals surface area contributed by atoms with Crippen LogP contribution in [0.4, 0.5) is 18.9 Å². The van der Waals surface area contributed by atoms with Crippen LogP contribution in [0.1, 0.15) is 71.6 Å². The van der Waals surface area contributed by atoms with E-state index in [0.29, 0.717) is 65.1 Å². The normalized spacial score (nSPS) is 18.9. The van der Waals surface area contributed by atoms with Gasteiger partial charge in [0, 0.05) is 70.2 Å². The van der Waals surface area contributed by atoms with Gasteiger partial charge >= 0.3 is 0 Å². The lowest BCUT2D eigenvalue weighted by molar-refractivity contribution is -0.106. The Hall–Kier alpha value is -4.65. The minimum atomic E-state index is -1.58. The van der Waals surface area contributed by atoms with Gasteiger partial charge in [0.1, 0.15) is 28.7 Å². The molecule has 13 heteroatoms. The van der Waals surface area contributed by atoms with Crippen LogP contribution in [-0.2, 0) is 4.79 Å². The van der Waals surface area contributed by atoms with E-state index in [4.69, 9.17) is 25.0 Å². The highest BCUT2D eigenvalue weighted by Crippen LogP contribution is 2.53. The number of rotatable bonds is 9. The number of fused-ring (bicyclic) bond motifs is 2. The van der Waals surface area contributed by atoms with Crippen LogP contribution in [0.3, 0.4) is 0 Å². The molecule has 0 spiro atoms. The highest BCUT2D eigenvalue weighted by molar-refractivity contribution is 7.17. The van der Waals surface area contributed by atoms with Gasteiger partial charge in [0.25, 0.3) is 5.91 Å². The van der Waals surface area contributed by atoms with Crippen molar-refractivity contribution in [1.29, 1.82) is 0 Å². The number of hydrogen-bond acceptors (Lipinski definition) is 8. The Balaban J connectivity index is 0.00000124. The van der Waals surface area contributed by atoms with E-state index in [1.165, 1.54) is 42.9 Å². The van der Waals surface area contributed by atoms with Crippen molar-refractivity contribution in [3.05, 3.63) is 70.0 Å². The molecule has 5 N–H and O–H groups in total. The molecule has 0 saturated heterocycles. The van der Waals surface area contributed by atoms with Crippen LogP contribution in [0.15, 0.2) is 46.8 Å². The van der Waals surface area contributed by atoms with Crippen LogP contribution in [0.2, 0.25) is 0 Å². The second-order valence-corrected chi connectivity index (χ2v) is 13.0. The van der Waals surface area contributed by atoms with Crippen molar-refractivity contribution in [2.24, 2.45) is 10.7 Å². The van der Waals surface area contributed by atoms with Gasteiger partial charge in [-0.2, -0.15) is 0 Å². The average molecular weight is 666 g/mol. The first-order valence-corrected chi connectivity index (χ1v) is 16.1. The molecule has 246 valence electrons. The highest BCUT2D eigenvalue weighted by atomic mass is 32.1. The lowest BCUT2D eigenvalue weighted by Gasteiger charge is -2.23. The number of nitrogens with two attached hydrogens (primary N) is 2. The molecule has 2 aromatic carbocycles. The standard InChI is InChI=1S/C33H31F3N4O3S.CH3NO/c1-17-15-43-29-21(17)12-25(40-28(29)22-16-44-30-20(22)4-3-5-24(30)34)23(32(35)6-7-32)14-38-31(41)18-10-19(13-39-33(36)8-9-33)27(37)26(11-18)42-2;2-1-3/h3-5,10-13,16-17,23H,6-9,14-15,37H2,1-2H3,(H,38,41);1H,(H2,2,3)/b39-13+;. The van der Waals surface area contributed by atoms with Gasteiger partial charge in [-0.1, -0.05) is 19.1 Å². The Morgan fingerprint density at radius 1 is 1.26 bits per heavy atom. The van der Waals surface area contributed by atoms with Crippen molar-refractivity contribution in [2.75, 3.05) is 26.0 Å². The van der Waals surface area contributed by atoms with Gasteiger partial charge in [0.15, 0.2) is 5.79 Å². The number of thiophene rings is 1. The number of primary amides is 1. The first kappa shape index (κ1) is 32.3. The molecule has 3 heterocycles. The number of nitrogen functional groups attached to an aromatic ring is 1. The second kappa shape index (κ2) is 12.5. The first-order valence-electron chi connectivity index (χ1n) is 15.2. The van der Waals surface area contributed by atoms with E-state index in [0.717, 1.165) is 11.1 Å². The van der Waals surface area contributed by atoms with Crippen molar-refractivity contribution in [1.82, 2.24) is 10.3 Å². The van der Waals surface area contributed by atoms with Gasteiger partial charge in [-0.3, -0.25) is 14.6 Å². The summed E-state index contributed by atoms with van der Waals surface area (Å²) in [5, 5.41) is 5.46. The van der Waals surface area contributed by atoms with Gasteiger partial charge in [0.2, 0.25) is 6.41 Å². The Morgan fingerprint density at radius 2 is 2.00 bits per heavy atom. The summed E-state index contributed by atoms with van der Waals surface area (Å²) in [5.74, 6) is -2.17. The molecule has 0 radical (unpaired) electrons. The molecule has 47 heavy (non-hydrogen) atoms. The molecule has 2 saturated carbocycles. The van der Waals surface area contributed by atoms with Crippen molar-refractivity contribution in [3.63, 3.8) is 0 Å². The lowest BCUT2D eigenvalue weighted by Crippen LogP contribution is -2.33. The third kappa shape index (κ3) is 6.36. The number of halogens is 3. The van der Waals surface area contributed by atoms with E-state index < -0.39 is 23.3 Å². The van der Waals surface area contributed by atoms with Crippen LogP contribution in [0.25, 0.3) is 21.3 Å². The molecule has 3 aliphatic rings. The number of benzene rings is 2. The predicted molar refractivity (Wildman–Crippen MR) is 175 cm³/mol. The Bertz CT molecular complexity index is 1890. The molecule has 2 atom stereocenters. The summed E-state index contributed by atoms with van der Waals surface area (Å²) in [5.41, 5.74) is 12.3. The summed E-state index contributed by atoms with van der Waals surface area (Å²) in [6, 6.07) is 9.82. The zero-order valence-corrected chi connectivity index (χ0v) is 26.6. The molecule has 2 aromatic heterocycles. The van der Waals surface area contributed by atoms with Crippen LogP contribution < -0.4 is 26.3 Å². The Labute approximate surface area is 273 Å². The largest absolute Gasteiger partial charge is 0.495 e. The smallest absolute Gasteiger partial charge is 0.251 e. The summed E-state index contributed by atoms with van der Waals surface area (Å²) in [7, 11) is 1.43. The SMILES string of the molecule is COc1cc(C(=O)NCC(c2cc3c(c(-c4csc5c(F)cccc45)n2)OCC3C)C2(F)CC2)cc(/C=N/C2(F)CC2)c1N.NC=O. The van der Waals surface area contributed by atoms with Crippen LogP contribution >= 0.6 is 11.3 Å². The summed E-state index contributed by atoms with van der Waals surface area (Å²) < 4.78 is 56.7. The van der Waals surface area contributed by atoms with E-state index in [2.05, 4.69) is 16.0 Å². The number of ether oxygens (including phenoxy) is 2. The molecule has 2 unspecified atom stereocenters. The number of carbonyl (C=O) groups is 2. The van der Waals surface area contributed by atoms with Crippen LogP contribution in [-0.4, -0.2) is 55.2 Å². The molecule has 2 fully saturated rings. The van der Waals surface area contributed by atoms with Gasteiger partial charge in [-0.05, 0) is 37.1 Å². The summed E-state index contributed by atoms with van der Waals surface area (Å²) in [4.78, 5) is 30.9. The molecule has 0 bridgehead atoms. The van der Waals surface area contributed by atoms with Crippen LogP contribution in [0.5, 0.6) is 11.5 Å². The minimum Gasteiger partial charge on any atom is -0.495 e. The topological polar surface area (TPSA) is 142 Å². The van der Waals surface area contributed by atoms with Gasteiger partial charge in [-0.15, -0.1) is 11.3 Å². The number of methoxy groups -OCH3 is 1. The predicted octanol–water partition coefficient (Wildman–Crippen LogP) is 6.18. The van der Waals surface area contributed by atoms with E-state index in [-0.39, 0.29) is 41.7 Å². The van der Waals surface area contributed by atoms with Crippen LogP contribution in [0, 0.1) is 5.82 Å². The number of nitrogens with one attached hydrogen (secondary N) is 1. The fraction of sp³-hybridized carbons (Fsp3) is 0.353. The van der Waals surface area contributed by atoms with Gasteiger partial charge in [-0.25, -0.2) is 18.2 Å². The first-order chi connectivity index (χ1) is 22.5. The Kier molecular flexibility index (Phi) is 8.60. The van der Waals surface area contributed by atoms with Crippen molar-refractivity contribution >= 4 is 45.6 Å². The molecule has 2 aliphatic carbocycles. The Morgan fingerprint density at radius 3 is 2.68 bits per heavy atom. The van der Waals surface area contributed by atoms with E-state index >= 15 is 4.39 Å². The molecular formula is C34H34F3N5O4S. The number of carbonyl (C=O) groups excluding carboxylic acids is 2. The number of anilines is 1.